The molecule has 2 rings (SSSR count). The monoisotopic (exact) mass is 310 g/mol. The summed E-state index contributed by atoms with van der Waals surface area (Å²) in [5, 5.41) is 6.10. The molecule has 1 atom stereocenters. The standard InChI is InChI=1S/C15H22N2O3S/c1-11-3-5-13(21(2,19)20)9-14(11)17-15(18)6-4-12-7-8-16-10-12/h3,5,9,12,16H,4,6-8,10H2,1-2H3,(H,17,18). The Balaban J connectivity index is 1.99. The van der Waals surface area contributed by atoms with Gasteiger partial charge in [-0.1, -0.05) is 6.07 Å². The Morgan fingerprint density at radius 1 is 1.43 bits per heavy atom. The minimum absolute atomic E-state index is 0.0596. The van der Waals surface area contributed by atoms with Gasteiger partial charge in [-0.2, -0.15) is 0 Å². The normalized spacial score (nSPS) is 18.7. The summed E-state index contributed by atoms with van der Waals surface area (Å²) in [7, 11) is -3.26. The van der Waals surface area contributed by atoms with Gasteiger partial charge < -0.3 is 10.6 Å². The molecule has 0 radical (unpaired) electrons. The first-order chi connectivity index (χ1) is 9.86. The van der Waals surface area contributed by atoms with Crippen LogP contribution in [0.15, 0.2) is 23.1 Å². The van der Waals surface area contributed by atoms with E-state index in [4.69, 9.17) is 0 Å². The summed E-state index contributed by atoms with van der Waals surface area (Å²) >= 11 is 0. The Labute approximate surface area is 126 Å². The third kappa shape index (κ3) is 4.54. The van der Waals surface area contributed by atoms with Gasteiger partial charge in [0, 0.05) is 18.4 Å². The van der Waals surface area contributed by atoms with Crippen molar-refractivity contribution in [3.63, 3.8) is 0 Å². The van der Waals surface area contributed by atoms with Gasteiger partial charge in [-0.15, -0.1) is 0 Å². The van der Waals surface area contributed by atoms with E-state index in [9.17, 15) is 13.2 Å². The van der Waals surface area contributed by atoms with Crippen molar-refractivity contribution >= 4 is 21.4 Å². The zero-order valence-corrected chi connectivity index (χ0v) is 13.3. The van der Waals surface area contributed by atoms with Gasteiger partial charge in [-0.05, 0) is 56.5 Å². The highest BCUT2D eigenvalue weighted by atomic mass is 32.2. The van der Waals surface area contributed by atoms with Crippen LogP contribution in [0.5, 0.6) is 0 Å². The molecule has 21 heavy (non-hydrogen) atoms. The van der Waals surface area contributed by atoms with E-state index >= 15 is 0 Å². The van der Waals surface area contributed by atoms with E-state index in [1.807, 2.05) is 6.92 Å². The average molecular weight is 310 g/mol. The van der Waals surface area contributed by atoms with Crippen molar-refractivity contribution in [1.29, 1.82) is 0 Å². The van der Waals surface area contributed by atoms with E-state index in [0.717, 1.165) is 37.8 Å². The summed E-state index contributed by atoms with van der Waals surface area (Å²) in [6.07, 6.45) is 3.62. The second-order valence-corrected chi connectivity index (χ2v) is 7.71. The van der Waals surface area contributed by atoms with E-state index in [1.165, 1.54) is 6.07 Å². The number of sulfone groups is 1. The van der Waals surface area contributed by atoms with Gasteiger partial charge in [0.15, 0.2) is 9.84 Å². The number of nitrogens with one attached hydrogen (secondary N) is 2. The zero-order chi connectivity index (χ0) is 15.5. The van der Waals surface area contributed by atoms with Crippen molar-refractivity contribution in [2.75, 3.05) is 24.7 Å². The maximum Gasteiger partial charge on any atom is 0.224 e. The van der Waals surface area contributed by atoms with Gasteiger partial charge in [0.1, 0.15) is 0 Å². The number of rotatable bonds is 5. The molecule has 5 nitrogen and oxygen atoms in total. The third-order valence-corrected chi connectivity index (χ3v) is 4.96. The quantitative estimate of drug-likeness (QED) is 0.868. The second-order valence-electron chi connectivity index (χ2n) is 5.69. The molecule has 0 aromatic heterocycles. The molecule has 1 aliphatic rings. The fourth-order valence-corrected chi connectivity index (χ4v) is 3.12. The van der Waals surface area contributed by atoms with Gasteiger partial charge in [-0.3, -0.25) is 4.79 Å². The van der Waals surface area contributed by atoms with Crippen LogP contribution in [0.1, 0.15) is 24.8 Å². The number of carbonyl (C=O) groups excluding carboxylic acids is 1. The van der Waals surface area contributed by atoms with Gasteiger partial charge in [-0.25, -0.2) is 8.42 Å². The average Bonchev–Trinajstić information content (AvgIpc) is 2.91. The van der Waals surface area contributed by atoms with Crippen LogP contribution < -0.4 is 10.6 Å². The highest BCUT2D eigenvalue weighted by Crippen LogP contribution is 2.21. The predicted octanol–water partition coefficient (Wildman–Crippen LogP) is 1.73. The van der Waals surface area contributed by atoms with E-state index in [1.54, 1.807) is 12.1 Å². The van der Waals surface area contributed by atoms with Gasteiger partial charge >= 0.3 is 0 Å². The SMILES string of the molecule is Cc1ccc(S(C)(=O)=O)cc1NC(=O)CCC1CCNC1. The molecule has 1 aromatic rings. The number of benzene rings is 1. The van der Waals surface area contributed by atoms with Crippen LogP contribution >= 0.6 is 0 Å². The van der Waals surface area contributed by atoms with Crippen LogP contribution in [0, 0.1) is 12.8 Å². The van der Waals surface area contributed by atoms with Gasteiger partial charge in [0.25, 0.3) is 0 Å². The van der Waals surface area contributed by atoms with Crippen molar-refractivity contribution in [1.82, 2.24) is 5.32 Å². The molecule has 1 aromatic carbocycles. The molecule has 0 spiro atoms. The number of hydrogen-bond donors (Lipinski definition) is 2. The molecule has 1 fully saturated rings. The van der Waals surface area contributed by atoms with Gasteiger partial charge in [0.05, 0.1) is 4.90 Å². The van der Waals surface area contributed by atoms with Crippen molar-refractivity contribution in [3.05, 3.63) is 23.8 Å². The molecule has 1 saturated heterocycles. The minimum Gasteiger partial charge on any atom is -0.326 e. The van der Waals surface area contributed by atoms with Crippen molar-refractivity contribution in [2.24, 2.45) is 5.92 Å². The zero-order valence-electron chi connectivity index (χ0n) is 12.5. The van der Waals surface area contributed by atoms with Crippen LogP contribution in [-0.2, 0) is 14.6 Å². The van der Waals surface area contributed by atoms with Gasteiger partial charge in [0.2, 0.25) is 5.91 Å². The summed E-state index contributed by atoms with van der Waals surface area (Å²) < 4.78 is 23.1. The summed E-state index contributed by atoms with van der Waals surface area (Å²) in [5.74, 6) is 0.509. The molecule has 2 N–H and O–H groups in total. The lowest BCUT2D eigenvalue weighted by molar-refractivity contribution is -0.116. The van der Waals surface area contributed by atoms with Crippen molar-refractivity contribution in [3.8, 4) is 0 Å². The third-order valence-electron chi connectivity index (χ3n) is 3.85. The molecule has 1 heterocycles. The van der Waals surface area contributed by atoms with Crippen LogP contribution in [0.2, 0.25) is 0 Å². The first-order valence-electron chi connectivity index (χ1n) is 7.17. The highest BCUT2D eigenvalue weighted by Gasteiger charge is 2.16. The number of amides is 1. The van der Waals surface area contributed by atoms with E-state index in [2.05, 4.69) is 10.6 Å². The van der Waals surface area contributed by atoms with E-state index < -0.39 is 9.84 Å². The van der Waals surface area contributed by atoms with E-state index in [-0.39, 0.29) is 10.8 Å². The summed E-state index contributed by atoms with van der Waals surface area (Å²) in [5.41, 5.74) is 1.44. The van der Waals surface area contributed by atoms with Crippen LogP contribution in [0.3, 0.4) is 0 Å². The van der Waals surface area contributed by atoms with E-state index in [0.29, 0.717) is 18.0 Å². The molecule has 1 amide bonds. The molecule has 116 valence electrons. The number of hydrogen-bond acceptors (Lipinski definition) is 4. The molecule has 0 aliphatic carbocycles. The van der Waals surface area contributed by atoms with Crippen molar-refractivity contribution < 1.29 is 13.2 Å². The largest absolute Gasteiger partial charge is 0.326 e. The smallest absolute Gasteiger partial charge is 0.224 e. The Morgan fingerprint density at radius 3 is 2.81 bits per heavy atom. The van der Waals surface area contributed by atoms with Crippen LogP contribution in [0.4, 0.5) is 5.69 Å². The Kier molecular flexibility index (Phi) is 5.00. The summed E-state index contributed by atoms with van der Waals surface area (Å²) in [6, 6.07) is 4.80. The minimum atomic E-state index is -3.26. The maximum absolute atomic E-state index is 12.0. The molecule has 0 saturated carbocycles. The molecular weight excluding hydrogens is 288 g/mol. The Morgan fingerprint density at radius 2 is 2.19 bits per heavy atom. The molecule has 1 unspecified atom stereocenters. The molecule has 1 aliphatic heterocycles. The fraction of sp³-hybridized carbons (Fsp3) is 0.533. The topological polar surface area (TPSA) is 75.3 Å². The highest BCUT2D eigenvalue weighted by molar-refractivity contribution is 7.90. The maximum atomic E-state index is 12.0. The lowest BCUT2D eigenvalue weighted by Gasteiger charge is -2.11. The fourth-order valence-electron chi connectivity index (χ4n) is 2.48. The predicted molar refractivity (Wildman–Crippen MR) is 83.1 cm³/mol. The summed E-state index contributed by atoms with van der Waals surface area (Å²) in [6.45, 7) is 3.86. The second kappa shape index (κ2) is 6.58. The molecule has 6 heteroatoms. The first kappa shape index (κ1) is 16.0. The van der Waals surface area contributed by atoms with Crippen LogP contribution in [0.25, 0.3) is 0 Å². The lowest BCUT2D eigenvalue weighted by atomic mass is 10.0. The first-order valence-corrected chi connectivity index (χ1v) is 9.06. The Bertz CT molecular complexity index is 620. The number of anilines is 1. The lowest BCUT2D eigenvalue weighted by Crippen LogP contribution is -2.15. The molecular formula is C15H22N2O3S. The number of carbonyl (C=O) groups is 1. The van der Waals surface area contributed by atoms with Crippen LogP contribution in [-0.4, -0.2) is 33.7 Å². The number of aryl methyl sites for hydroxylation is 1. The molecule has 0 bridgehead atoms. The Hall–Kier alpha value is -1.40. The van der Waals surface area contributed by atoms with Crippen molar-refractivity contribution in [2.45, 2.75) is 31.1 Å². The summed E-state index contributed by atoms with van der Waals surface area (Å²) in [4.78, 5) is 12.2.